The lowest BCUT2D eigenvalue weighted by Crippen LogP contribution is -2.24. The van der Waals surface area contributed by atoms with E-state index in [0.29, 0.717) is 19.0 Å². The fraction of sp³-hybridized carbons (Fsp3) is 0.235. The molecule has 1 unspecified atom stereocenters. The highest BCUT2D eigenvalue weighted by Gasteiger charge is 2.02. The third-order valence-electron chi connectivity index (χ3n) is 2.77. The van der Waals surface area contributed by atoms with Crippen LogP contribution in [0.15, 0.2) is 48.7 Å². The number of nitrogens with one attached hydrogen (secondary N) is 1. The number of aliphatic hydroxyl groups is 1. The summed E-state index contributed by atoms with van der Waals surface area (Å²) in [5, 5.41) is 12.6. The van der Waals surface area contributed by atoms with Crippen LogP contribution in [0, 0.1) is 11.8 Å². The SMILES string of the molecule is COCC(O)CNc1ccc(C#Cc2ccccc2)cn1. The normalized spacial score (nSPS) is 11.3. The molecule has 21 heavy (non-hydrogen) atoms. The lowest BCUT2D eigenvalue weighted by molar-refractivity contribution is 0.0727. The summed E-state index contributed by atoms with van der Waals surface area (Å²) in [6, 6.07) is 13.6. The number of pyridine rings is 1. The Hall–Kier alpha value is -2.35. The van der Waals surface area contributed by atoms with Crippen molar-refractivity contribution < 1.29 is 9.84 Å². The highest BCUT2D eigenvalue weighted by molar-refractivity contribution is 5.45. The van der Waals surface area contributed by atoms with Gasteiger partial charge < -0.3 is 15.2 Å². The van der Waals surface area contributed by atoms with Gasteiger partial charge in [-0.25, -0.2) is 4.98 Å². The summed E-state index contributed by atoms with van der Waals surface area (Å²) in [4.78, 5) is 4.26. The summed E-state index contributed by atoms with van der Waals surface area (Å²) in [5.41, 5.74) is 1.82. The number of methoxy groups -OCH3 is 1. The molecule has 108 valence electrons. The van der Waals surface area contributed by atoms with Gasteiger partial charge in [0.05, 0.1) is 12.7 Å². The van der Waals surface area contributed by atoms with Crippen molar-refractivity contribution >= 4 is 5.82 Å². The van der Waals surface area contributed by atoms with Crippen molar-refractivity contribution in [1.82, 2.24) is 4.98 Å². The van der Waals surface area contributed by atoms with Gasteiger partial charge in [-0.1, -0.05) is 30.0 Å². The number of hydrogen-bond donors (Lipinski definition) is 2. The Balaban J connectivity index is 1.92. The number of aromatic nitrogens is 1. The van der Waals surface area contributed by atoms with E-state index in [2.05, 4.69) is 22.1 Å². The fourth-order valence-corrected chi connectivity index (χ4v) is 1.71. The molecule has 4 nitrogen and oxygen atoms in total. The Bertz CT molecular complexity index is 600. The van der Waals surface area contributed by atoms with Crippen molar-refractivity contribution in [2.24, 2.45) is 0 Å². The molecule has 0 bridgehead atoms. The third-order valence-corrected chi connectivity index (χ3v) is 2.77. The number of hydrogen-bond acceptors (Lipinski definition) is 4. The van der Waals surface area contributed by atoms with Crippen molar-refractivity contribution in [3.63, 3.8) is 0 Å². The molecule has 0 radical (unpaired) electrons. The molecule has 4 heteroatoms. The first kappa shape index (κ1) is 15.0. The summed E-state index contributed by atoms with van der Waals surface area (Å²) < 4.78 is 4.86. The van der Waals surface area contributed by atoms with Crippen LogP contribution in [0.25, 0.3) is 0 Å². The molecule has 1 heterocycles. The fourth-order valence-electron chi connectivity index (χ4n) is 1.71. The number of aliphatic hydroxyl groups excluding tert-OH is 1. The lowest BCUT2D eigenvalue weighted by Gasteiger charge is -2.10. The minimum Gasteiger partial charge on any atom is -0.389 e. The molecule has 1 aromatic carbocycles. The predicted molar refractivity (Wildman–Crippen MR) is 83.0 cm³/mol. The van der Waals surface area contributed by atoms with Gasteiger partial charge in [-0.2, -0.15) is 0 Å². The second-order valence-electron chi connectivity index (χ2n) is 4.54. The summed E-state index contributed by atoms with van der Waals surface area (Å²) in [5.74, 6) is 6.85. The van der Waals surface area contributed by atoms with E-state index in [-0.39, 0.29) is 0 Å². The Kier molecular flexibility index (Phi) is 5.77. The third kappa shape index (κ3) is 5.27. The van der Waals surface area contributed by atoms with Crippen molar-refractivity contribution in [3.05, 3.63) is 59.8 Å². The minimum atomic E-state index is -0.547. The van der Waals surface area contributed by atoms with Crippen LogP contribution in [-0.4, -0.2) is 36.5 Å². The zero-order chi connectivity index (χ0) is 14.9. The van der Waals surface area contributed by atoms with Gasteiger partial charge in [0.1, 0.15) is 5.82 Å². The molecule has 2 N–H and O–H groups in total. The van der Waals surface area contributed by atoms with E-state index in [1.165, 1.54) is 0 Å². The van der Waals surface area contributed by atoms with Gasteiger partial charge in [0.25, 0.3) is 0 Å². The van der Waals surface area contributed by atoms with E-state index in [1.807, 2.05) is 42.5 Å². The van der Waals surface area contributed by atoms with E-state index in [4.69, 9.17) is 4.74 Å². The zero-order valence-corrected chi connectivity index (χ0v) is 11.9. The van der Waals surface area contributed by atoms with E-state index < -0.39 is 6.10 Å². The van der Waals surface area contributed by atoms with E-state index in [9.17, 15) is 5.11 Å². The molecule has 1 aromatic heterocycles. The maximum atomic E-state index is 9.54. The van der Waals surface area contributed by atoms with Crippen molar-refractivity contribution in [1.29, 1.82) is 0 Å². The van der Waals surface area contributed by atoms with Crippen molar-refractivity contribution in [2.75, 3.05) is 25.6 Å². The molecule has 1 atom stereocenters. The Labute approximate surface area is 124 Å². The van der Waals surface area contributed by atoms with Crippen LogP contribution in [0.2, 0.25) is 0 Å². The van der Waals surface area contributed by atoms with Gasteiger partial charge in [0.15, 0.2) is 0 Å². The molecule has 0 aliphatic carbocycles. The van der Waals surface area contributed by atoms with Gasteiger partial charge in [-0.3, -0.25) is 0 Å². The Morgan fingerprint density at radius 2 is 1.90 bits per heavy atom. The number of rotatable bonds is 5. The van der Waals surface area contributed by atoms with Gasteiger partial charge in [-0.15, -0.1) is 0 Å². The van der Waals surface area contributed by atoms with Gasteiger partial charge >= 0.3 is 0 Å². The number of anilines is 1. The van der Waals surface area contributed by atoms with Crippen LogP contribution in [-0.2, 0) is 4.74 Å². The molecule has 0 aliphatic rings. The topological polar surface area (TPSA) is 54.4 Å². The zero-order valence-electron chi connectivity index (χ0n) is 11.9. The maximum Gasteiger partial charge on any atom is 0.126 e. The standard InChI is InChI=1S/C17H18N2O2/c1-21-13-16(20)12-19-17-10-9-15(11-18-17)8-7-14-5-3-2-4-6-14/h2-6,9-11,16,20H,12-13H2,1H3,(H,18,19). The predicted octanol–water partition coefficient (Wildman–Crippen LogP) is 1.90. The molecule has 0 spiro atoms. The molecule has 2 aromatic rings. The average Bonchev–Trinajstić information content (AvgIpc) is 2.53. The lowest BCUT2D eigenvalue weighted by atomic mass is 10.2. The molecule has 0 saturated carbocycles. The molecular weight excluding hydrogens is 264 g/mol. The Morgan fingerprint density at radius 3 is 2.57 bits per heavy atom. The monoisotopic (exact) mass is 282 g/mol. The first-order valence-electron chi connectivity index (χ1n) is 6.72. The first-order chi connectivity index (χ1) is 10.3. The van der Waals surface area contributed by atoms with Crippen molar-refractivity contribution in [3.8, 4) is 11.8 Å². The summed E-state index contributed by atoms with van der Waals surface area (Å²) in [6.07, 6.45) is 1.16. The number of nitrogens with zero attached hydrogens (tertiary/aromatic N) is 1. The number of benzene rings is 1. The van der Waals surface area contributed by atoms with E-state index >= 15 is 0 Å². The largest absolute Gasteiger partial charge is 0.389 e. The van der Waals surface area contributed by atoms with Crippen LogP contribution < -0.4 is 5.32 Å². The van der Waals surface area contributed by atoms with Gasteiger partial charge in [0, 0.05) is 31.0 Å². The maximum absolute atomic E-state index is 9.54. The molecule has 0 fully saturated rings. The molecule has 0 saturated heterocycles. The molecular formula is C17H18N2O2. The van der Waals surface area contributed by atoms with Crippen LogP contribution in [0.5, 0.6) is 0 Å². The molecule has 2 rings (SSSR count). The second-order valence-corrected chi connectivity index (χ2v) is 4.54. The molecule has 0 aliphatic heterocycles. The average molecular weight is 282 g/mol. The highest BCUT2D eigenvalue weighted by Crippen LogP contribution is 2.05. The summed E-state index contributed by atoms with van der Waals surface area (Å²) in [6.45, 7) is 0.698. The highest BCUT2D eigenvalue weighted by atomic mass is 16.5. The van der Waals surface area contributed by atoms with Crippen molar-refractivity contribution in [2.45, 2.75) is 6.10 Å². The van der Waals surface area contributed by atoms with E-state index in [1.54, 1.807) is 13.3 Å². The summed E-state index contributed by atoms with van der Waals surface area (Å²) in [7, 11) is 1.56. The molecule has 0 amide bonds. The quantitative estimate of drug-likeness (QED) is 0.822. The van der Waals surface area contributed by atoms with Crippen LogP contribution in [0.4, 0.5) is 5.82 Å². The first-order valence-corrected chi connectivity index (χ1v) is 6.72. The summed E-state index contributed by atoms with van der Waals surface area (Å²) >= 11 is 0. The minimum absolute atomic E-state index is 0.299. The smallest absolute Gasteiger partial charge is 0.126 e. The van der Waals surface area contributed by atoms with Gasteiger partial charge in [-0.05, 0) is 24.3 Å². The van der Waals surface area contributed by atoms with Gasteiger partial charge in [0.2, 0.25) is 0 Å². The second kappa shape index (κ2) is 8.05. The number of ether oxygens (including phenoxy) is 1. The van der Waals surface area contributed by atoms with Crippen LogP contribution in [0.1, 0.15) is 11.1 Å². The van der Waals surface area contributed by atoms with Crippen LogP contribution >= 0.6 is 0 Å². The van der Waals surface area contributed by atoms with E-state index in [0.717, 1.165) is 11.1 Å². The van der Waals surface area contributed by atoms with Crippen LogP contribution in [0.3, 0.4) is 0 Å². The Morgan fingerprint density at radius 1 is 1.14 bits per heavy atom.